The minimum Gasteiger partial charge on any atom is -0.465 e. The van der Waals surface area contributed by atoms with Crippen LogP contribution >= 0.6 is 11.8 Å². The maximum absolute atomic E-state index is 11.6. The van der Waals surface area contributed by atoms with Gasteiger partial charge in [-0.3, -0.25) is 0 Å². The number of carbonyl (C=O) groups excluding carboxylic acids is 1. The van der Waals surface area contributed by atoms with E-state index >= 15 is 0 Å². The zero-order valence-corrected chi connectivity index (χ0v) is 12.1. The monoisotopic (exact) mass is 280 g/mol. The molecule has 2 rings (SSSR count). The zero-order valence-electron chi connectivity index (χ0n) is 11.3. The van der Waals surface area contributed by atoms with Gasteiger partial charge < -0.3 is 15.8 Å². The summed E-state index contributed by atoms with van der Waals surface area (Å²) in [6, 6.07) is 5.85. The predicted molar refractivity (Wildman–Crippen MR) is 80.8 cm³/mol. The van der Waals surface area contributed by atoms with Crippen LogP contribution in [0.25, 0.3) is 0 Å². The van der Waals surface area contributed by atoms with E-state index < -0.39 is 5.97 Å². The molecule has 104 valence electrons. The van der Waals surface area contributed by atoms with Gasteiger partial charge >= 0.3 is 5.97 Å². The molecule has 1 aromatic carbocycles. The summed E-state index contributed by atoms with van der Waals surface area (Å²) < 4.78 is 4.73. The van der Waals surface area contributed by atoms with Gasteiger partial charge in [0.25, 0.3) is 0 Å². The Balaban J connectivity index is 2.19. The summed E-state index contributed by atoms with van der Waals surface area (Å²) in [5.41, 5.74) is 7.78. The third-order valence-corrected chi connectivity index (χ3v) is 4.78. The number of nitrogens with two attached hydrogens (primary N) is 1. The van der Waals surface area contributed by atoms with Crippen LogP contribution in [-0.4, -0.2) is 30.6 Å². The summed E-state index contributed by atoms with van der Waals surface area (Å²) in [5, 5.41) is 4.09. The van der Waals surface area contributed by atoms with Crippen LogP contribution in [0, 0.1) is 0 Å². The number of hydrogen-bond donors (Lipinski definition) is 2. The topological polar surface area (TPSA) is 64.3 Å². The fourth-order valence-electron chi connectivity index (χ4n) is 2.55. The number of ether oxygens (including phenoxy) is 1. The predicted octanol–water partition coefficient (Wildman–Crippen LogP) is 2.75. The molecule has 0 aromatic heterocycles. The molecular weight excluding hydrogens is 260 g/mol. The SMILES string of the molecule is COC(=O)c1cccc(NC2CCCC2SC)c1N. The van der Waals surface area contributed by atoms with Gasteiger partial charge in [0.1, 0.15) is 0 Å². The lowest BCUT2D eigenvalue weighted by Crippen LogP contribution is -2.26. The smallest absolute Gasteiger partial charge is 0.340 e. The summed E-state index contributed by atoms with van der Waals surface area (Å²) in [5.74, 6) is -0.394. The lowest BCUT2D eigenvalue weighted by atomic mass is 10.1. The van der Waals surface area contributed by atoms with Crippen LogP contribution in [0.1, 0.15) is 29.6 Å². The number of rotatable bonds is 4. The Kier molecular flexibility index (Phi) is 4.58. The Morgan fingerprint density at radius 2 is 2.26 bits per heavy atom. The summed E-state index contributed by atoms with van der Waals surface area (Å²) in [6.45, 7) is 0. The fourth-order valence-corrected chi connectivity index (χ4v) is 3.49. The van der Waals surface area contributed by atoms with Gasteiger partial charge in [-0.1, -0.05) is 12.5 Å². The molecule has 2 atom stereocenters. The van der Waals surface area contributed by atoms with Crippen molar-refractivity contribution >= 4 is 29.1 Å². The Hall–Kier alpha value is -1.36. The third kappa shape index (κ3) is 2.97. The van der Waals surface area contributed by atoms with E-state index in [9.17, 15) is 4.79 Å². The van der Waals surface area contributed by atoms with E-state index in [1.54, 1.807) is 6.07 Å². The van der Waals surface area contributed by atoms with Crippen molar-refractivity contribution in [3.05, 3.63) is 23.8 Å². The van der Waals surface area contributed by atoms with Crippen LogP contribution in [-0.2, 0) is 4.74 Å². The molecule has 1 aromatic rings. The van der Waals surface area contributed by atoms with Gasteiger partial charge in [-0.15, -0.1) is 0 Å². The van der Waals surface area contributed by atoms with E-state index in [0.717, 1.165) is 12.1 Å². The zero-order chi connectivity index (χ0) is 13.8. The average Bonchev–Trinajstić information content (AvgIpc) is 2.87. The number of esters is 1. The standard InChI is InChI=1S/C14H20N2O2S/c1-18-14(17)9-5-3-7-11(13(9)15)16-10-6-4-8-12(10)19-2/h3,5,7,10,12,16H,4,6,8,15H2,1-2H3. The summed E-state index contributed by atoms with van der Waals surface area (Å²) in [7, 11) is 1.36. The minimum absolute atomic E-state index is 0.394. The van der Waals surface area contributed by atoms with Crippen molar-refractivity contribution in [3.8, 4) is 0 Å². The molecule has 2 unspecified atom stereocenters. The number of para-hydroxylation sites is 1. The van der Waals surface area contributed by atoms with Crippen molar-refractivity contribution < 1.29 is 9.53 Å². The first-order valence-corrected chi connectivity index (χ1v) is 7.72. The number of carbonyl (C=O) groups is 1. The quantitative estimate of drug-likeness (QED) is 0.656. The Labute approximate surface area is 118 Å². The second kappa shape index (κ2) is 6.19. The van der Waals surface area contributed by atoms with Crippen molar-refractivity contribution in [2.45, 2.75) is 30.6 Å². The van der Waals surface area contributed by atoms with E-state index in [1.807, 2.05) is 23.9 Å². The highest BCUT2D eigenvalue weighted by Gasteiger charge is 2.27. The first-order chi connectivity index (χ1) is 9.17. The van der Waals surface area contributed by atoms with Crippen molar-refractivity contribution in [2.24, 2.45) is 0 Å². The van der Waals surface area contributed by atoms with Crippen LogP contribution < -0.4 is 11.1 Å². The first-order valence-electron chi connectivity index (χ1n) is 6.43. The van der Waals surface area contributed by atoms with E-state index in [2.05, 4.69) is 11.6 Å². The normalized spacial score (nSPS) is 22.2. The molecule has 1 fully saturated rings. The second-order valence-corrected chi connectivity index (χ2v) is 5.79. The molecule has 0 spiro atoms. The number of thioether (sulfide) groups is 1. The third-order valence-electron chi connectivity index (χ3n) is 3.61. The molecule has 0 bridgehead atoms. The largest absolute Gasteiger partial charge is 0.465 e. The Bertz CT molecular complexity index is 465. The minimum atomic E-state index is -0.394. The number of anilines is 2. The summed E-state index contributed by atoms with van der Waals surface area (Å²) >= 11 is 1.89. The molecule has 19 heavy (non-hydrogen) atoms. The fraction of sp³-hybridized carbons (Fsp3) is 0.500. The average molecular weight is 280 g/mol. The van der Waals surface area contributed by atoms with E-state index in [1.165, 1.54) is 20.0 Å². The van der Waals surface area contributed by atoms with Gasteiger partial charge in [0.05, 0.1) is 24.0 Å². The van der Waals surface area contributed by atoms with Crippen LogP contribution in [0.3, 0.4) is 0 Å². The molecule has 1 aliphatic carbocycles. The van der Waals surface area contributed by atoms with Crippen LogP contribution in [0.2, 0.25) is 0 Å². The highest BCUT2D eigenvalue weighted by atomic mass is 32.2. The van der Waals surface area contributed by atoms with Gasteiger partial charge in [0, 0.05) is 11.3 Å². The highest BCUT2D eigenvalue weighted by molar-refractivity contribution is 7.99. The van der Waals surface area contributed by atoms with Crippen LogP contribution in [0.4, 0.5) is 11.4 Å². The first kappa shape index (κ1) is 14.1. The van der Waals surface area contributed by atoms with E-state index in [-0.39, 0.29) is 0 Å². The van der Waals surface area contributed by atoms with Crippen LogP contribution in [0.5, 0.6) is 0 Å². The lowest BCUT2D eigenvalue weighted by Gasteiger charge is -2.22. The van der Waals surface area contributed by atoms with Gasteiger partial charge in [-0.05, 0) is 31.2 Å². The second-order valence-electron chi connectivity index (χ2n) is 4.71. The van der Waals surface area contributed by atoms with Gasteiger partial charge in [0.15, 0.2) is 0 Å². The molecule has 4 nitrogen and oxygen atoms in total. The molecule has 0 aliphatic heterocycles. The van der Waals surface area contributed by atoms with Crippen molar-refractivity contribution in [3.63, 3.8) is 0 Å². The number of hydrogen-bond acceptors (Lipinski definition) is 5. The molecule has 0 amide bonds. The molecule has 1 aliphatic rings. The van der Waals surface area contributed by atoms with E-state index in [4.69, 9.17) is 10.5 Å². The summed E-state index contributed by atoms with van der Waals surface area (Å²) in [4.78, 5) is 11.6. The lowest BCUT2D eigenvalue weighted by molar-refractivity contribution is 0.0602. The molecule has 3 N–H and O–H groups in total. The van der Waals surface area contributed by atoms with Gasteiger partial charge in [-0.25, -0.2) is 4.79 Å². The molecule has 1 saturated carbocycles. The van der Waals surface area contributed by atoms with Crippen molar-refractivity contribution in [2.75, 3.05) is 24.4 Å². The molecular formula is C14H20N2O2S. The number of nitrogen functional groups attached to an aromatic ring is 1. The molecule has 5 heteroatoms. The van der Waals surface area contributed by atoms with Crippen LogP contribution in [0.15, 0.2) is 18.2 Å². The Morgan fingerprint density at radius 1 is 1.47 bits per heavy atom. The highest BCUT2D eigenvalue weighted by Crippen LogP contribution is 2.33. The molecule has 0 radical (unpaired) electrons. The maximum Gasteiger partial charge on any atom is 0.340 e. The Morgan fingerprint density at radius 3 is 2.95 bits per heavy atom. The van der Waals surface area contributed by atoms with Gasteiger partial charge in [0.2, 0.25) is 0 Å². The molecule has 0 saturated heterocycles. The number of nitrogens with one attached hydrogen (secondary N) is 1. The van der Waals surface area contributed by atoms with Gasteiger partial charge in [-0.2, -0.15) is 11.8 Å². The van der Waals surface area contributed by atoms with E-state index in [0.29, 0.717) is 22.5 Å². The molecule has 0 heterocycles. The van der Waals surface area contributed by atoms with Crippen molar-refractivity contribution in [1.82, 2.24) is 0 Å². The number of benzene rings is 1. The van der Waals surface area contributed by atoms with Crippen molar-refractivity contribution in [1.29, 1.82) is 0 Å². The maximum atomic E-state index is 11.6. The summed E-state index contributed by atoms with van der Waals surface area (Å²) in [6.07, 6.45) is 5.75. The number of methoxy groups -OCH3 is 1.